The Morgan fingerprint density at radius 3 is 2.89 bits per heavy atom. The SMILES string of the molecule is COC(=O)[C@H]1[C@H]2C[C@H]2CN1C(=O)c1sccc1OC. The molecular formula is C13H15NO4S. The van der Waals surface area contributed by atoms with Gasteiger partial charge in [-0.25, -0.2) is 4.79 Å². The van der Waals surface area contributed by atoms with E-state index >= 15 is 0 Å². The Hall–Kier alpha value is -1.56. The molecule has 19 heavy (non-hydrogen) atoms. The molecule has 2 aliphatic rings. The highest BCUT2D eigenvalue weighted by atomic mass is 32.1. The van der Waals surface area contributed by atoms with Gasteiger partial charge in [0.15, 0.2) is 0 Å². The maximum atomic E-state index is 12.5. The highest BCUT2D eigenvalue weighted by Gasteiger charge is 2.57. The second-order valence-electron chi connectivity index (χ2n) is 4.90. The molecule has 2 fully saturated rings. The van der Waals surface area contributed by atoms with E-state index in [0.29, 0.717) is 23.1 Å². The van der Waals surface area contributed by atoms with Gasteiger partial charge in [-0.15, -0.1) is 11.3 Å². The topological polar surface area (TPSA) is 55.8 Å². The first-order valence-corrected chi connectivity index (χ1v) is 7.05. The van der Waals surface area contributed by atoms with Crippen molar-refractivity contribution in [2.45, 2.75) is 12.5 Å². The third kappa shape index (κ3) is 1.90. The van der Waals surface area contributed by atoms with Gasteiger partial charge in [0.05, 0.1) is 14.2 Å². The number of carbonyl (C=O) groups is 2. The van der Waals surface area contributed by atoms with Crippen molar-refractivity contribution in [3.05, 3.63) is 16.3 Å². The maximum Gasteiger partial charge on any atom is 0.328 e. The van der Waals surface area contributed by atoms with Gasteiger partial charge in [-0.2, -0.15) is 0 Å². The number of fused-ring (bicyclic) bond motifs is 1. The first-order valence-electron chi connectivity index (χ1n) is 6.17. The number of ether oxygens (including phenoxy) is 2. The molecule has 6 heteroatoms. The van der Waals surface area contributed by atoms with Crippen LogP contribution in [-0.4, -0.2) is 43.6 Å². The van der Waals surface area contributed by atoms with E-state index in [1.165, 1.54) is 25.6 Å². The van der Waals surface area contributed by atoms with Gasteiger partial charge in [0, 0.05) is 6.54 Å². The molecule has 1 saturated heterocycles. The number of hydrogen-bond donors (Lipinski definition) is 0. The minimum absolute atomic E-state index is 0.130. The molecule has 0 aromatic carbocycles. The molecule has 0 unspecified atom stereocenters. The predicted molar refractivity (Wildman–Crippen MR) is 69.3 cm³/mol. The lowest BCUT2D eigenvalue weighted by Gasteiger charge is -2.25. The smallest absolute Gasteiger partial charge is 0.328 e. The number of esters is 1. The average molecular weight is 281 g/mol. The summed E-state index contributed by atoms with van der Waals surface area (Å²) in [4.78, 5) is 26.6. The summed E-state index contributed by atoms with van der Waals surface area (Å²) >= 11 is 1.34. The van der Waals surface area contributed by atoms with Crippen LogP contribution in [0.3, 0.4) is 0 Å². The summed E-state index contributed by atoms with van der Waals surface area (Å²) in [7, 11) is 2.91. The van der Waals surface area contributed by atoms with Gasteiger partial charge in [0.1, 0.15) is 16.7 Å². The van der Waals surface area contributed by atoms with Crippen molar-refractivity contribution < 1.29 is 19.1 Å². The Morgan fingerprint density at radius 1 is 1.42 bits per heavy atom. The van der Waals surface area contributed by atoms with E-state index in [4.69, 9.17) is 9.47 Å². The van der Waals surface area contributed by atoms with Crippen LogP contribution in [0.5, 0.6) is 5.75 Å². The van der Waals surface area contributed by atoms with Crippen LogP contribution in [-0.2, 0) is 9.53 Å². The summed E-state index contributed by atoms with van der Waals surface area (Å²) in [5.41, 5.74) is 0. The van der Waals surface area contributed by atoms with E-state index in [2.05, 4.69) is 0 Å². The fraction of sp³-hybridized carbons (Fsp3) is 0.538. The maximum absolute atomic E-state index is 12.5. The minimum Gasteiger partial charge on any atom is -0.495 e. The summed E-state index contributed by atoms with van der Waals surface area (Å²) < 4.78 is 10.00. The lowest BCUT2D eigenvalue weighted by molar-refractivity contribution is -0.145. The van der Waals surface area contributed by atoms with Gasteiger partial charge in [0.2, 0.25) is 0 Å². The molecule has 0 N–H and O–H groups in total. The Morgan fingerprint density at radius 2 is 2.21 bits per heavy atom. The number of thiophene rings is 1. The van der Waals surface area contributed by atoms with Crippen LogP contribution >= 0.6 is 11.3 Å². The molecule has 0 bridgehead atoms. The molecule has 0 radical (unpaired) electrons. The summed E-state index contributed by atoms with van der Waals surface area (Å²) in [6.07, 6.45) is 1.02. The number of carbonyl (C=O) groups excluding carboxylic acids is 2. The molecule has 1 aliphatic carbocycles. The normalized spacial score (nSPS) is 27.9. The van der Waals surface area contributed by atoms with Crippen molar-refractivity contribution in [1.29, 1.82) is 0 Å². The highest BCUT2D eigenvalue weighted by molar-refractivity contribution is 7.12. The van der Waals surface area contributed by atoms with Crippen LogP contribution in [0.25, 0.3) is 0 Å². The van der Waals surface area contributed by atoms with Gasteiger partial charge in [-0.3, -0.25) is 4.79 Å². The third-order valence-corrected chi connectivity index (χ3v) is 4.78. The molecule has 2 heterocycles. The Balaban J connectivity index is 1.85. The van der Waals surface area contributed by atoms with Crippen LogP contribution in [0.2, 0.25) is 0 Å². The molecule has 1 aliphatic heterocycles. The van der Waals surface area contributed by atoms with Crippen molar-refractivity contribution in [1.82, 2.24) is 4.90 Å². The fourth-order valence-corrected chi connectivity index (χ4v) is 3.65. The number of amides is 1. The first kappa shape index (κ1) is 12.5. The lowest BCUT2D eigenvalue weighted by Crippen LogP contribution is -2.43. The van der Waals surface area contributed by atoms with Crippen LogP contribution in [0.15, 0.2) is 11.4 Å². The van der Waals surface area contributed by atoms with Crippen molar-refractivity contribution in [2.75, 3.05) is 20.8 Å². The molecule has 3 rings (SSSR count). The zero-order chi connectivity index (χ0) is 13.6. The van der Waals surface area contributed by atoms with Crippen molar-refractivity contribution in [2.24, 2.45) is 11.8 Å². The monoisotopic (exact) mass is 281 g/mol. The second kappa shape index (κ2) is 4.52. The quantitative estimate of drug-likeness (QED) is 0.786. The molecule has 1 saturated carbocycles. The number of rotatable bonds is 3. The fourth-order valence-electron chi connectivity index (χ4n) is 2.84. The van der Waals surface area contributed by atoms with Crippen molar-refractivity contribution >= 4 is 23.2 Å². The summed E-state index contributed by atoms with van der Waals surface area (Å²) in [6, 6.07) is 1.34. The van der Waals surface area contributed by atoms with Crippen LogP contribution in [0, 0.1) is 11.8 Å². The summed E-state index contributed by atoms with van der Waals surface area (Å²) in [5, 5.41) is 1.82. The van der Waals surface area contributed by atoms with E-state index in [1.807, 2.05) is 5.38 Å². The summed E-state index contributed by atoms with van der Waals surface area (Å²) in [5.74, 6) is 0.865. The number of piperidine rings is 1. The lowest BCUT2D eigenvalue weighted by atomic mass is 10.2. The zero-order valence-corrected chi connectivity index (χ0v) is 11.6. The van der Waals surface area contributed by atoms with Crippen LogP contribution in [0.1, 0.15) is 16.1 Å². The molecule has 1 aromatic rings. The number of hydrogen-bond acceptors (Lipinski definition) is 5. The van der Waals surface area contributed by atoms with Crippen molar-refractivity contribution in [3.63, 3.8) is 0 Å². The standard InChI is InChI=1S/C13H15NO4S/c1-17-9-3-4-19-11(9)12(15)14-6-7-5-8(7)10(14)13(16)18-2/h3-4,7-8,10H,5-6H2,1-2H3/t7-,8-,10+/m0/s1. The Kier molecular flexibility index (Phi) is 2.97. The Labute approximate surface area is 115 Å². The van der Waals surface area contributed by atoms with E-state index in [9.17, 15) is 9.59 Å². The minimum atomic E-state index is -0.422. The third-order valence-electron chi connectivity index (χ3n) is 3.90. The number of nitrogens with zero attached hydrogens (tertiary/aromatic N) is 1. The van der Waals surface area contributed by atoms with Gasteiger partial charge >= 0.3 is 5.97 Å². The van der Waals surface area contributed by atoms with Crippen LogP contribution in [0.4, 0.5) is 0 Å². The summed E-state index contributed by atoms with van der Waals surface area (Å²) in [6.45, 7) is 0.643. The predicted octanol–water partition coefficient (Wildman–Crippen LogP) is 1.39. The average Bonchev–Trinajstić information content (AvgIpc) is 2.90. The molecule has 102 valence electrons. The number of methoxy groups -OCH3 is 2. The highest BCUT2D eigenvalue weighted by Crippen LogP contribution is 2.50. The van der Waals surface area contributed by atoms with E-state index < -0.39 is 6.04 Å². The van der Waals surface area contributed by atoms with Gasteiger partial charge in [-0.05, 0) is 29.7 Å². The molecule has 3 atom stereocenters. The Bertz CT molecular complexity index is 526. The molecule has 1 amide bonds. The number of likely N-dealkylation sites (tertiary alicyclic amines) is 1. The van der Waals surface area contributed by atoms with Gasteiger partial charge in [0.25, 0.3) is 5.91 Å². The van der Waals surface area contributed by atoms with E-state index in [0.717, 1.165) is 6.42 Å². The van der Waals surface area contributed by atoms with E-state index in [1.54, 1.807) is 11.0 Å². The first-order chi connectivity index (χ1) is 9.17. The molecule has 0 spiro atoms. The van der Waals surface area contributed by atoms with E-state index in [-0.39, 0.29) is 17.8 Å². The molecule has 5 nitrogen and oxygen atoms in total. The van der Waals surface area contributed by atoms with Gasteiger partial charge in [-0.1, -0.05) is 0 Å². The van der Waals surface area contributed by atoms with Crippen molar-refractivity contribution in [3.8, 4) is 5.75 Å². The zero-order valence-electron chi connectivity index (χ0n) is 10.8. The van der Waals surface area contributed by atoms with Gasteiger partial charge < -0.3 is 14.4 Å². The second-order valence-corrected chi connectivity index (χ2v) is 5.82. The molecule has 1 aromatic heterocycles. The van der Waals surface area contributed by atoms with Crippen LogP contribution < -0.4 is 4.74 Å². The molecular weight excluding hydrogens is 266 g/mol. The largest absolute Gasteiger partial charge is 0.495 e.